The second-order valence-electron chi connectivity index (χ2n) is 2.09. The zero-order valence-corrected chi connectivity index (χ0v) is 7.51. The van der Waals surface area contributed by atoms with Gasteiger partial charge < -0.3 is 0 Å². The van der Waals surface area contributed by atoms with Crippen LogP contribution in [0.3, 0.4) is 0 Å². The van der Waals surface area contributed by atoms with Gasteiger partial charge in [-0.3, -0.25) is 4.05 Å². The molecule has 0 aliphatic heterocycles. The highest BCUT2D eigenvalue weighted by atomic mass is 24.5. The van der Waals surface area contributed by atoms with E-state index in [1.54, 1.807) is 0 Å². The monoisotopic (exact) mass is 140 g/mol. The lowest BCUT2D eigenvalue weighted by Crippen LogP contribution is -2.10. The molecular formula is C9H8Mg. The molecule has 1 rings (SSSR count). The number of hydrogen-bond donors (Lipinski definition) is 0. The van der Waals surface area contributed by atoms with Crippen LogP contribution in [0.5, 0.6) is 0 Å². The highest BCUT2D eigenvalue weighted by molar-refractivity contribution is 6.61. The molecule has 0 aliphatic rings. The van der Waals surface area contributed by atoms with Crippen molar-refractivity contribution >= 4 is 24.1 Å². The summed E-state index contributed by atoms with van der Waals surface area (Å²) in [7, 11) is 0. The molecule has 0 bridgehead atoms. The Morgan fingerprint density at radius 3 is 2.50 bits per heavy atom. The van der Waals surface area contributed by atoms with Crippen LogP contribution in [0.4, 0.5) is 0 Å². The van der Waals surface area contributed by atoms with E-state index >= 15 is 0 Å². The van der Waals surface area contributed by atoms with Crippen molar-refractivity contribution in [3.8, 4) is 9.97 Å². The molecule has 0 atom stereocenters. The van der Waals surface area contributed by atoms with Crippen molar-refractivity contribution in [2.24, 2.45) is 0 Å². The predicted octanol–water partition coefficient (Wildman–Crippen LogP) is 0.997. The SMILES string of the molecule is CC#[C][Mg][c]1ccccc1. The van der Waals surface area contributed by atoms with Crippen LogP contribution in [0.15, 0.2) is 30.3 Å². The van der Waals surface area contributed by atoms with E-state index in [0.29, 0.717) is 0 Å². The normalized spacial score (nSPS) is 7.30. The molecule has 0 unspecified atom stereocenters. The van der Waals surface area contributed by atoms with E-state index in [4.69, 9.17) is 0 Å². The topological polar surface area (TPSA) is 0 Å². The first-order valence-corrected chi connectivity index (χ1v) is 4.78. The molecule has 0 saturated carbocycles. The van der Waals surface area contributed by atoms with Crippen LogP contribution in [-0.4, -0.2) is 20.4 Å². The largest absolute Gasteiger partial charge is 0.516 e. The van der Waals surface area contributed by atoms with Crippen LogP contribution in [0.2, 0.25) is 0 Å². The van der Waals surface area contributed by atoms with Gasteiger partial charge in [-0.25, -0.2) is 0 Å². The summed E-state index contributed by atoms with van der Waals surface area (Å²) in [5.74, 6) is 2.93. The van der Waals surface area contributed by atoms with Crippen LogP contribution < -0.4 is 3.69 Å². The molecule has 0 radical (unpaired) electrons. The molecule has 0 nitrogen and oxygen atoms in total. The lowest BCUT2D eigenvalue weighted by molar-refractivity contribution is 1.77. The molecule has 0 aromatic heterocycles. The molecular weight excluding hydrogens is 132 g/mol. The molecule has 0 heterocycles. The summed E-state index contributed by atoms with van der Waals surface area (Å²) in [5, 5.41) is 0. The van der Waals surface area contributed by atoms with Crippen LogP contribution in [-0.2, 0) is 0 Å². The van der Waals surface area contributed by atoms with Gasteiger partial charge in [-0.1, -0.05) is 30.3 Å². The zero-order chi connectivity index (χ0) is 7.23. The lowest BCUT2D eigenvalue weighted by atomic mass is 10.4. The van der Waals surface area contributed by atoms with Gasteiger partial charge >= 0.3 is 20.4 Å². The van der Waals surface area contributed by atoms with Crippen LogP contribution in [0.1, 0.15) is 6.92 Å². The Morgan fingerprint density at radius 1 is 1.20 bits per heavy atom. The molecule has 1 aromatic rings. The highest BCUT2D eigenvalue weighted by Crippen LogP contribution is 1.79. The smallest absolute Gasteiger partial charge is 0.268 e. The second-order valence-corrected chi connectivity index (χ2v) is 3.61. The number of hydrogen-bond acceptors (Lipinski definition) is 0. The molecule has 1 heteroatoms. The first-order chi connectivity index (χ1) is 4.93. The fourth-order valence-electron chi connectivity index (χ4n) is 0.786. The van der Waals surface area contributed by atoms with Crippen LogP contribution >= 0.6 is 0 Å². The lowest BCUT2D eigenvalue weighted by Gasteiger charge is -1.88. The van der Waals surface area contributed by atoms with Gasteiger partial charge in [0.2, 0.25) is 0 Å². The summed E-state index contributed by atoms with van der Waals surface area (Å²) >= 11 is -0.273. The maximum absolute atomic E-state index is 3.15. The Labute approximate surface area is 71.4 Å². The summed E-state index contributed by atoms with van der Waals surface area (Å²) in [5.41, 5.74) is 0. The van der Waals surface area contributed by atoms with Crippen molar-refractivity contribution in [3.63, 3.8) is 0 Å². The molecule has 46 valence electrons. The molecule has 0 saturated heterocycles. The molecule has 10 heavy (non-hydrogen) atoms. The van der Waals surface area contributed by atoms with Crippen molar-refractivity contribution in [3.05, 3.63) is 30.3 Å². The van der Waals surface area contributed by atoms with Gasteiger partial charge in [0.1, 0.15) is 0 Å². The summed E-state index contributed by atoms with van der Waals surface area (Å²) in [4.78, 5) is 0. The number of rotatable bonds is 1. The average molecular weight is 140 g/mol. The van der Waals surface area contributed by atoms with E-state index in [1.165, 1.54) is 3.69 Å². The summed E-state index contributed by atoms with van der Waals surface area (Å²) in [6.07, 6.45) is 0. The van der Waals surface area contributed by atoms with Crippen LogP contribution in [0, 0.1) is 9.97 Å². The molecule has 0 spiro atoms. The maximum atomic E-state index is 3.15. The number of benzene rings is 1. The molecule has 0 aliphatic carbocycles. The minimum Gasteiger partial charge on any atom is -0.268 e. The minimum absolute atomic E-state index is 0.273. The van der Waals surface area contributed by atoms with Gasteiger partial charge in [0.05, 0.1) is 0 Å². The minimum atomic E-state index is -0.273. The van der Waals surface area contributed by atoms with Gasteiger partial charge in [0.25, 0.3) is 0 Å². The standard InChI is InChI=1S/C6H5.C3H3.Mg/c1-2-4-6-5-3-1;1-3-2;/h1-5H;1H3;. The predicted molar refractivity (Wildman–Crippen MR) is 45.3 cm³/mol. The van der Waals surface area contributed by atoms with Crippen LogP contribution in [0.25, 0.3) is 0 Å². The third kappa shape index (κ3) is 2.43. The Hall–Kier alpha value is -0.454. The van der Waals surface area contributed by atoms with E-state index in [-0.39, 0.29) is 20.4 Å². The quantitative estimate of drug-likeness (QED) is 0.403. The fraction of sp³-hybridized carbons (Fsp3) is 0.111. The van der Waals surface area contributed by atoms with Crippen molar-refractivity contribution in [2.75, 3.05) is 0 Å². The van der Waals surface area contributed by atoms with E-state index in [9.17, 15) is 0 Å². The molecule has 0 fully saturated rings. The summed E-state index contributed by atoms with van der Waals surface area (Å²) < 4.78 is 4.58. The van der Waals surface area contributed by atoms with Gasteiger partial charge in [0, 0.05) is 0 Å². The maximum Gasteiger partial charge on any atom is 0.516 e. The first-order valence-electron chi connectivity index (χ1n) is 3.37. The molecule has 0 amide bonds. The Bertz CT molecular complexity index is 240. The Balaban J connectivity index is 2.64. The van der Waals surface area contributed by atoms with Crippen molar-refractivity contribution < 1.29 is 0 Å². The van der Waals surface area contributed by atoms with Gasteiger partial charge in [-0.15, -0.1) is 9.61 Å². The van der Waals surface area contributed by atoms with Gasteiger partial charge in [-0.2, -0.15) is 0 Å². The fourth-order valence-corrected chi connectivity index (χ4v) is 1.68. The van der Waals surface area contributed by atoms with Crippen molar-refractivity contribution in [1.82, 2.24) is 0 Å². The Kier molecular flexibility index (Phi) is 3.35. The highest BCUT2D eigenvalue weighted by Gasteiger charge is 1.91. The van der Waals surface area contributed by atoms with E-state index in [1.807, 2.05) is 13.0 Å². The zero-order valence-electron chi connectivity index (χ0n) is 6.09. The van der Waals surface area contributed by atoms with Gasteiger partial charge in [0.15, 0.2) is 0 Å². The summed E-state index contributed by atoms with van der Waals surface area (Å²) in [6.45, 7) is 1.90. The van der Waals surface area contributed by atoms with E-state index in [0.717, 1.165) is 0 Å². The third-order valence-electron chi connectivity index (χ3n) is 1.31. The molecule has 0 N–H and O–H groups in total. The Morgan fingerprint density at radius 2 is 1.90 bits per heavy atom. The molecule has 1 aromatic carbocycles. The van der Waals surface area contributed by atoms with E-state index in [2.05, 4.69) is 34.2 Å². The second kappa shape index (κ2) is 4.38. The average Bonchev–Trinajstić information content (AvgIpc) is 2.03. The first kappa shape index (κ1) is 7.65. The van der Waals surface area contributed by atoms with E-state index < -0.39 is 0 Å². The van der Waals surface area contributed by atoms with Gasteiger partial charge in [-0.05, 0) is 6.92 Å². The van der Waals surface area contributed by atoms with Crippen molar-refractivity contribution in [2.45, 2.75) is 6.92 Å². The third-order valence-corrected chi connectivity index (χ3v) is 2.72. The van der Waals surface area contributed by atoms with Crippen molar-refractivity contribution in [1.29, 1.82) is 0 Å². The summed E-state index contributed by atoms with van der Waals surface area (Å²) in [6, 6.07) is 10.5.